The molecule has 1 atom stereocenters. The van der Waals surface area contributed by atoms with Crippen molar-refractivity contribution in [1.29, 1.82) is 5.26 Å². The molecule has 0 aromatic carbocycles. The molecule has 18 heavy (non-hydrogen) atoms. The van der Waals surface area contributed by atoms with Gasteiger partial charge in [0.05, 0.1) is 0 Å². The van der Waals surface area contributed by atoms with E-state index in [9.17, 15) is 0 Å². The maximum Gasteiger partial charge on any atom is 0.110 e. The topological polar surface area (TPSA) is 39.1 Å². The van der Waals surface area contributed by atoms with Crippen LogP contribution in [0.2, 0.25) is 0 Å². The van der Waals surface area contributed by atoms with Crippen molar-refractivity contribution in [2.24, 2.45) is 5.92 Å². The molecule has 4 heteroatoms. The first kappa shape index (κ1) is 12.2. The van der Waals surface area contributed by atoms with Gasteiger partial charge in [0, 0.05) is 24.0 Å². The molecular weight excluding hydrogens is 242 g/mol. The molecule has 2 heterocycles. The Hall–Kier alpha value is -0.890. The third-order valence-electron chi connectivity index (χ3n) is 3.88. The monoisotopic (exact) mass is 261 g/mol. The van der Waals surface area contributed by atoms with E-state index < -0.39 is 0 Å². The number of thiophene rings is 1. The lowest BCUT2D eigenvalue weighted by Crippen LogP contribution is -2.27. The van der Waals surface area contributed by atoms with Gasteiger partial charge < -0.3 is 10.2 Å². The van der Waals surface area contributed by atoms with Crippen LogP contribution in [0, 0.1) is 17.2 Å². The summed E-state index contributed by atoms with van der Waals surface area (Å²) in [6.45, 7) is 4.61. The van der Waals surface area contributed by atoms with Crippen molar-refractivity contribution in [3.63, 3.8) is 0 Å². The van der Waals surface area contributed by atoms with Crippen LogP contribution in [-0.2, 0) is 6.54 Å². The molecule has 2 fully saturated rings. The lowest BCUT2D eigenvalue weighted by molar-refractivity contribution is 0.312. The smallest absolute Gasteiger partial charge is 0.110 e. The Morgan fingerprint density at radius 2 is 2.28 bits per heavy atom. The van der Waals surface area contributed by atoms with Gasteiger partial charge in [-0.25, -0.2) is 0 Å². The number of nitrogens with zero attached hydrogens (tertiary/aromatic N) is 2. The summed E-state index contributed by atoms with van der Waals surface area (Å²) >= 11 is 1.60. The Morgan fingerprint density at radius 3 is 3.00 bits per heavy atom. The van der Waals surface area contributed by atoms with Crippen LogP contribution in [0.15, 0.2) is 12.1 Å². The molecule has 3 rings (SSSR count). The van der Waals surface area contributed by atoms with Gasteiger partial charge in [-0.1, -0.05) is 0 Å². The van der Waals surface area contributed by atoms with Crippen molar-refractivity contribution in [2.75, 3.05) is 19.6 Å². The van der Waals surface area contributed by atoms with Crippen molar-refractivity contribution in [3.8, 4) is 6.07 Å². The second kappa shape index (κ2) is 5.40. The number of rotatable bonds is 5. The van der Waals surface area contributed by atoms with E-state index in [1.54, 1.807) is 11.3 Å². The van der Waals surface area contributed by atoms with Gasteiger partial charge in [-0.2, -0.15) is 5.26 Å². The van der Waals surface area contributed by atoms with Gasteiger partial charge in [-0.3, -0.25) is 0 Å². The molecule has 0 amide bonds. The largest absolute Gasteiger partial charge is 0.312 e. The molecule has 0 bridgehead atoms. The van der Waals surface area contributed by atoms with Crippen LogP contribution in [-0.4, -0.2) is 30.6 Å². The van der Waals surface area contributed by atoms with Gasteiger partial charge in [0.15, 0.2) is 0 Å². The molecule has 1 saturated heterocycles. The van der Waals surface area contributed by atoms with Gasteiger partial charge in [-0.05, 0) is 50.4 Å². The van der Waals surface area contributed by atoms with E-state index in [0.29, 0.717) is 0 Å². The number of likely N-dealkylation sites (tertiary alicyclic amines) is 1. The predicted molar refractivity (Wildman–Crippen MR) is 73.4 cm³/mol. The Bertz CT molecular complexity index is 444. The second-order valence-corrected chi connectivity index (χ2v) is 6.56. The third-order valence-corrected chi connectivity index (χ3v) is 4.87. The number of nitriles is 1. The molecule has 1 aromatic rings. The molecular formula is C14H19N3S. The van der Waals surface area contributed by atoms with E-state index in [1.165, 1.54) is 37.2 Å². The van der Waals surface area contributed by atoms with Crippen LogP contribution in [0.25, 0.3) is 0 Å². The molecule has 0 spiro atoms. The summed E-state index contributed by atoms with van der Waals surface area (Å²) in [5, 5.41) is 12.3. The van der Waals surface area contributed by atoms with Gasteiger partial charge in [-0.15, -0.1) is 11.3 Å². The average Bonchev–Trinajstić information content (AvgIpc) is 2.96. The molecule has 1 unspecified atom stereocenters. The lowest BCUT2D eigenvalue weighted by atomic mass is 10.1. The maximum absolute atomic E-state index is 8.77. The number of hydrogen-bond donors (Lipinski definition) is 1. The first-order valence-electron chi connectivity index (χ1n) is 6.79. The van der Waals surface area contributed by atoms with Gasteiger partial charge in [0.1, 0.15) is 10.9 Å². The van der Waals surface area contributed by atoms with Crippen LogP contribution in [0.3, 0.4) is 0 Å². The predicted octanol–water partition coefficient (Wildman–Crippen LogP) is 2.19. The van der Waals surface area contributed by atoms with Crippen LogP contribution >= 0.6 is 11.3 Å². The average molecular weight is 261 g/mol. The highest BCUT2D eigenvalue weighted by atomic mass is 32.1. The molecule has 1 aliphatic heterocycles. The fraction of sp³-hybridized carbons (Fsp3) is 0.643. The standard InChI is InChI=1S/C14H19N3S/c15-7-13-3-4-14(18-13)9-16-8-11-5-6-17(10-11)12-1-2-12/h3-4,11-12,16H,1-2,5-6,8-10H2. The number of nitrogens with one attached hydrogen (secondary N) is 1. The minimum atomic E-state index is 0.813. The Kier molecular flexibility index (Phi) is 3.64. The fourth-order valence-corrected chi connectivity index (χ4v) is 3.51. The van der Waals surface area contributed by atoms with Crippen LogP contribution < -0.4 is 5.32 Å². The van der Waals surface area contributed by atoms with E-state index in [0.717, 1.165) is 29.9 Å². The van der Waals surface area contributed by atoms with E-state index in [1.807, 2.05) is 6.07 Å². The van der Waals surface area contributed by atoms with E-state index in [4.69, 9.17) is 5.26 Å². The lowest BCUT2D eigenvalue weighted by Gasteiger charge is -2.14. The first-order chi connectivity index (χ1) is 8.85. The quantitative estimate of drug-likeness (QED) is 0.883. The Balaban J connectivity index is 1.38. The SMILES string of the molecule is N#Cc1ccc(CNCC2CCN(C3CC3)C2)s1. The van der Waals surface area contributed by atoms with Crippen molar-refractivity contribution < 1.29 is 0 Å². The minimum absolute atomic E-state index is 0.813. The number of hydrogen-bond acceptors (Lipinski definition) is 4. The molecule has 1 aliphatic carbocycles. The van der Waals surface area contributed by atoms with Crippen LogP contribution in [0.4, 0.5) is 0 Å². The third kappa shape index (κ3) is 2.92. The fourth-order valence-electron chi connectivity index (χ4n) is 2.73. The Morgan fingerprint density at radius 1 is 1.39 bits per heavy atom. The van der Waals surface area contributed by atoms with Crippen molar-refractivity contribution in [3.05, 3.63) is 21.9 Å². The highest BCUT2D eigenvalue weighted by molar-refractivity contribution is 7.12. The van der Waals surface area contributed by atoms with Crippen molar-refractivity contribution in [2.45, 2.75) is 31.8 Å². The zero-order chi connectivity index (χ0) is 12.4. The van der Waals surface area contributed by atoms with Gasteiger partial charge in [0.25, 0.3) is 0 Å². The van der Waals surface area contributed by atoms with E-state index in [-0.39, 0.29) is 0 Å². The maximum atomic E-state index is 8.77. The van der Waals surface area contributed by atoms with Gasteiger partial charge >= 0.3 is 0 Å². The normalized spacial score (nSPS) is 24.3. The van der Waals surface area contributed by atoms with E-state index >= 15 is 0 Å². The second-order valence-electron chi connectivity index (χ2n) is 5.39. The van der Waals surface area contributed by atoms with E-state index in [2.05, 4.69) is 22.4 Å². The molecule has 0 radical (unpaired) electrons. The summed E-state index contributed by atoms with van der Waals surface area (Å²) < 4.78 is 0. The highest BCUT2D eigenvalue weighted by Gasteiger charge is 2.33. The van der Waals surface area contributed by atoms with Crippen LogP contribution in [0.1, 0.15) is 29.0 Å². The molecule has 1 saturated carbocycles. The molecule has 1 N–H and O–H groups in total. The minimum Gasteiger partial charge on any atom is -0.312 e. The summed E-state index contributed by atoms with van der Waals surface area (Å²) in [7, 11) is 0. The molecule has 3 nitrogen and oxygen atoms in total. The summed E-state index contributed by atoms with van der Waals surface area (Å²) in [5.74, 6) is 0.820. The van der Waals surface area contributed by atoms with Crippen molar-refractivity contribution >= 4 is 11.3 Å². The zero-order valence-electron chi connectivity index (χ0n) is 10.6. The van der Waals surface area contributed by atoms with Crippen molar-refractivity contribution in [1.82, 2.24) is 10.2 Å². The summed E-state index contributed by atoms with van der Waals surface area (Å²) in [4.78, 5) is 4.74. The van der Waals surface area contributed by atoms with Crippen LogP contribution in [0.5, 0.6) is 0 Å². The zero-order valence-corrected chi connectivity index (χ0v) is 11.4. The first-order valence-corrected chi connectivity index (χ1v) is 7.60. The molecule has 96 valence electrons. The summed E-state index contributed by atoms with van der Waals surface area (Å²) in [5.41, 5.74) is 0. The molecule has 1 aromatic heterocycles. The van der Waals surface area contributed by atoms with Gasteiger partial charge in [0.2, 0.25) is 0 Å². The summed E-state index contributed by atoms with van der Waals surface area (Å²) in [6, 6.07) is 7.08. The Labute approximate surface area is 112 Å². The molecule has 2 aliphatic rings. The highest BCUT2D eigenvalue weighted by Crippen LogP contribution is 2.31. The summed E-state index contributed by atoms with van der Waals surface area (Å²) in [6.07, 6.45) is 4.19.